The number of likely N-dealkylation sites (tertiary alicyclic amines) is 1. The van der Waals surface area contributed by atoms with Gasteiger partial charge in [-0.05, 0) is 57.0 Å². The maximum Gasteiger partial charge on any atom is 0.0462 e. The minimum Gasteiger partial charge on any atom is -0.312 e. The summed E-state index contributed by atoms with van der Waals surface area (Å²) in [5, 5.41) is 4.37. The van der Waals surface area contributed by atoms with Crippen molar-refractivity contribution in [3.8, 4) is 0 Å². The molecule has 1 atom stereocenters. The molecule has 0 aromatic heterocycles. The Labute approximate surface area is 129 Å². The molecular formula is C15H22BrClN2. The second-order valence-corrected chi connectivity index (χ2v) is 6.93. The van der Waals surface area contributed by atoms with Crippen LogP contribution in [0, 0.1) is 5.92 Å². The van der Waals surface area contributed by atoms with E-state index >= 15 is 0 Å². The average molecular weight is 346 g/mol. The van der Waals surface area contributed by atoms with E-state index in [1.165, 1.54) is 25.1 Å². The van der Waals surface area contributed by atoms with Crippen LogP contribution in [0.15, 0.2) is 22.7 Å². The second kappa shape index (κ2) is 7.07. The molecule has 4 heteroatoms. The van der Waals surface area contributed by atoms with E-state index < -0.39 is 0 Å². The Morgan fingerprint density at radius 1 is 1.47 bits per heavy atom. The summed E-state index contributed by atoms with van der Waals surface area (Å²) in [6.07, 6.45) is 1.30. The predicted molar refractivity (Wildman–Crippen MR) is 85.7 cm³/mol. The van der Waals surface area contributed by atoms with Gasteiger partial charge >= 0.3 is 0 Å². The third-order valence-electron chi connectivity index (χ3n) is 3.81. The molecule has 106 valence electrons. The van der Waals surface area contributed by atoms with Crippen LogP contribution in [0.3, 0.4) is 0 Å². The van der Waals surface area contributed by atoms with E-state index in [4.69, 9.17) is 11.6 Å². The molecule has 0 amide bonds. The summed E-state index contributed by atoms with van der Waals surface area (Å²) in [4.78, 5) is 2.55. The third kappa shape index (κ3) is 4.45. The van der Waals surface area contributed by atoms with E-state index in [9.17, 15) is 0 Å². The van der Waals surface area contributed by atoms with Gasteiger partial charge in [-0.25, -0.2) is 0 Å². The number of nitrogens with one attached hydrogen (secondary N) is 1. The molecule has 0 radical (unpaired) electrons. The van der Waals surface area contributed by atoms with Gasteiger partial charge in [-0.2, -0.15) is 0 Å². The first-order valence-corrected chi connectivity index (χ1v) is 8.12. The normalized spacial score (nSPS) is 20.4. The topological polar surface area (TPSA) is 15.3 Å². The first-order chi connectivity index (χ1) is 9.06. The summed E-state index contributed by atoms with van der Waals surface area (Å²) in [6.45, 7) is 8.94. The molecule has 1 aromatic rings. The molecule has 19 heavy (non-hydrogen) atoms. The SMILES string of the molecule is CC(C)N1CCC(CNCc2ccc(Br)cc2Cl)C1. The summed E-state index contributed by atoms with van der Waals surface area (Å²) in [7, 11) is 0. The molecule has 0 bridgehead atoms. The zero-order chi connectivity index (χ0) is 13.8. The highest BCUT2D eigenvalue weighted by atomic mass is 79.9. The van der Waals surface area contributed by atoms with E-state index in [1.807, 2.05) is 12.1 Å². The van der Waals surface area contributed by atoms with Crippen LogP contribution in [0.2, 0.25) is 5.02 Å². The molecule has 1 aliphatic rings. The number of nitrogens with zero attached hydrogens (tertiary/aromatic N) is 1. The van der Waals surface area contributed by atoms with Crippen LogP contribution >= 0.6 is 27.5 Å². The van der Waals surface area contributed by atoms with Gasteiger partial charge in [0.1, 0.15) is 0 Å². The van der Waals surface area contributed by atoms with Gasteiger partial charge in [0.25, 0.3) is 0 Å². The van der Waals surface area contributed by atoms with Crippen LogP contribution in [-0.2, 0) is 6.54 Å². The Bertz CT molecular complexity index is 423. The number of hydrogen-bond donors (Lipinski definition) is 1. The van der Waals surface area contributed by atoms with E-state index in [-0.39, 0.29) is 0 Å². The summed E-state index contributed by atoms with van der Waals surface area (Å²) >= 11 is 9.64. The Morgan fingerprint density at radius 2 is 2.26 bits per heavy atom. The maximum atomic E-state index is 6.21. The molecule has 2 rings (SSSR count). The molecule has 1 saturated heterocycles. The van der Waals surface area contributed by atoms with Crippen molar-refractivity contribution >= 4 is 27.5 Å². The molecule has 1 aliphatic heterocycles. The zero-order valence-corrected chi connectivity index (χ0v) is 14.0. The average Bonchev–Trinajstić information content (AvgIpc) is 2.81. The standard InChI is InChI=1S/C15H22BrClN2/c1-11(2)19-6-5-12(10-19)8-18-9-13-3-4-14(16)7-15(13)17/h3-4,7,11-12,18H,5-6,8-10H2,1-2H3. The smallest absolute Gasteiger partial charge is 0.0462 e. The Balaban J connectivity index is 1.75. The van der Waals surface area contributed by atoms with Crippen molar-refractivity contribution in [2.24, 2.45) is 5.92 Å². The van der Waals surface area contributed by atoms with Crippen molar-refractivity contribution in [1.29, 1.82) is 0 Å². The predicted octanol–water partition coefficient (Wildman–Crippen LogP) is 3.92. The molecule has 1 aromatic carbocycles. The van der Waals surface area contributed by atoms with Gasteiger partial charge in [0.05, 0.1) is 0 Å². The Morgan fingerprint density at radius 3 is 2.89 bits per heavy atom. The van der Waals surface area contributed by atoms with Crippen molar-refractivity contribution in [3.05, 3.63) is 33.3 Å². The van der Waals surface area contributed by atoms with E-state index in [1.54, 1.807) is 0 Å². The van der Waals surface area contributed by atoms with E-state index in [0.717, 1.165) is 28.5 Å². The lowest BCUT2D eigenvalue weighted by molar-refractivity contribution is 0.264. The Kier molecular flexibility index (Phi) is 5.70. The van der Waals surface area contributed by atoms with Gasteiger partial charge in [0, 0.05) is 28.6 Å². The summed E-state index contributed by atoms with van der Waals surface area (Å²) in [6, 6.07) is 6.74. The lowest BCUT2D eigenvalue weighted by Crippen LogP contribution is -2.30. The van der Waals surface area contributed by atoms with Crippen molar-refractivity contribution in [2.45, 2.75) is 32.9 Å². The summed E-state index contributed by atoms with van der Waals surface area (Å²) < 4.78 is 1.03. The van der Waals surface area contributed by atoms with Crippen LogP contribution in [-0.4, -0.2) is 30.6 Å². The quantitative estimate of drug-likeness (QED) is 0.870. The lowest BCUT2D eigenvalue weighted by atomic mass is 10.1. The highest BCUT2D eigenvalue weighted by Crippen LogP contribution is 2.22. The molecule has 1 unspecified atom stereocenters. The fourth-order valence-electron chi connectivity index (χ4n) is 2.57. The fraction of sp³-hybridized carbons (Fsp3) is 0.600. The number of benzene rings is 1. The van der Waals surface area contributed by atoms with E-state index in [2.05, 4.69) is 46.1 Å². The molecule has 0 aliphatic carbocycles. The van der Waals surface area contributed by atoms with Gasteiger partial charge in [-0.3, -0.25) is 0 Å². The Hall–Kier alpha value is -0.0900. The van der Waals surface area contributed by atoms with Crippen molar-refractivity contribution in [2.75, 3.05) is 19.6 Å². The number of halogens is 2. The van der Waals surface area contributed by atoms with E-state index in [0.29, 0.717) is 6.04 Å². The van der Waals surface area contributed by atoms with Crippen LogP contribution in [0.4, 0.5) is 0 Å². The molecule has 1 fully saturated rings. The highest BCUT2D eigenvalue weighted by Gasteiger charge is 2.23. The summed E-state index contributed by atoms with van der Waals surface area (Å²) in [5.41, 5.74) is 1.17. The highest BCUT2D eigenvalue weighted by molar-refractivity contribution is 9.10. The van der Waals surface area contributed by atoms with Gasteiger partial charge < -0.3 is 10.2 Å². The monoisotopic (exact) mass is 344 g/mol. The lowest BCUT2D eigenvalue weighted by Gasteiger charge is -2.20. The minimum atomic E-state index is 0.672. The first kappa shape index (κ1) is 15.3. The van der Waals surface area contributed by atoms with Crippen LogP contribution in [0.1, 0.15) is 25.8 Å². The minimum absolute atomic E-state index is 0.672. The van der Waals surface area contributed by atoms with Crippen molar-refractivity contribution < 1.29 is 0 Å². The molecular weight excluding hydrogens is 324 g/mol. The van der Waals surface area contributed by atoms with Gasteiger partial charge in [-0.1, -0.05) is 33.6 Å². The van der Waals surface area contributed by atoms with Crippen molar-refractivity contribution in [1.82, 2.24) is 10.2 Å². The van der Waals surface area contributed by atoms with Gasteiger partial charge in [0.2, 0.25) is 0 Å². The maximum absolute atomic E-state index is 6.21. The molecule has 0 saturated carbocycles. The molecule has 1 N–H and O–H groups in total. The van der Waals surface area contributed by atoms with Crippen LogP contribution in [0.5, 0.6) is 0 Å². The largest absolute Gasteiger partial charge is 0.312 e. The third-order valence-corrected chi connectivity index (χ3v) is 4.66. The molecule has 0 spiro atoms. The molecule has 2 nitrogen and oxygen atoms in total. The van der Waals surface area contributed by atoms with Gasteiger partial charge in [-0.15, -0.1) is 0 Å². The zero-order valence-electron chi connectivity index (χ0n) is 11.6. The van der Waals surface area contributed by atoms with Crippen molar-refractivity contribution in [3.63, 3.8) is 0 Å². The van der Waals surface area contributed by atoms with Gasteiger partial charge in [0.15, 0.2) is 0 Å². The van der Waals surface area contributed by atoms with Crippen LogP contribution < -0.4 is 5.32 Å². The second-order valence-electron chi connectivity index (χ2n) is 5.61. The van der Waals surface area contributed by atoms with Crippen LogP contribution in [0.25, 0.3) is 0 Å². The first-order valence-electron chi connectivity index (χ1n) is 6.95. The number of rotatable bonds is 5. The number of hydrogen-bond acceptors (Lipinski definition) is 2. The fourth-order valence-corrected chi connectivity index (χ4v) is 3.31. The molecule has 1 heterocycles. The summed E-state index contributed by atoms with van der Waals surface area (Å²) in [5.74, 6) is 0.775.